The average Bonchev–Trinajstić information content (AvgIpc) is 2.65. The molecule has 138 valence electrons. The molecule has 0 unspecified atom stereocenters. The highest BCUT2D eigenvalue weighted by Crippen LogP contribution is 2.16. The van der Waals surface area contributed by atoms with Crippen LogP contribution in [0.5, 0.6) is 0 Å². The third-order valence-corrected chi connectivity index (χ3v) is 4.34. The highest BCUT2D eigenvalue weighted by Gasteiger charge is 2.28. The van der Waals surface area contributed by atoms with Crippen LogP contribution in [0, 0.1) is 11.6 Å². The van der Waals surface area contributed by atoms with Crippen LogP contribution in [0.25, 0.3) is 0 Å². The molecule has 0 bridgehead atoms. The molecule has 1 N–H and O–H groups in total. The zero-order valence-electron chi connectivity index (χ0n) is 14.3. The fourth-order valence-electron chi connectivity index (χ4n) is 2.93. The Kier molecular flexibility index (Phi) is 6.30. The Hall–Kier alpha value is -2.31. The first-order valence-corrected chi connectivity index (χ1v) is 8.59. The van der Waals surface area contributed by atoms with Crippen LogP contribution in [0.1, 0.15) is 17.5 Å². The van der Waals surface area contributed by atoms with Crippen molar-refractivity contribution in [3.8, 4) is 0 Å². The molecular weight excluding hydrogens is 340 g/mol. The SMILES string of the molecule is O=C(Cc1cccc(F)c1F)N[C@@H]1CCOC[C@H]1OCc1ccccc1. The summed E-state index contributed by atoms with van der Waals surface area (Å²) in [4.78, 5) is 12.3. The van der Waals surface area contributed by atoms with Crippen molar-refractivity contribution in [1.82, 2.24) is 5.32 Å². The first kappa shape index (κ1) is 18.5. The van der Waals surface area contributed by atoms with Crippen molar-refractivity contribution in [2.75, 3.05) is 13.2 Å². The monoisotopic (exact) mass is 361 g/mol. The second-order valence-electron chi connectivity index (χ2n) is 6.26. The van der Waals surface area contributed by atoms with Crippen LogP contribution in [0.3, 0.4) is 0 Å². The molecule has 1 saturated heterocycles. The topological polar surface area (TPSA) is 47.6 Å². The summed E-state index contributed by atoms with van der Waals surface area (Å²) in [6.45, 7) is 1.32. The van der Waals surface area contributed by atoms with E-state index in [2.05, 4.69) is 5.32 Å². The number of carbonyl (C=O) groups excluding carboxylic acids is 1. The van der Waals surface area contributed by atoms with E-state index >= 15 is 0 Å². The first-order chi connectivity index (χ1) is 12.6. The van der Waals surface area contributed by atoms with E-state index in [-0.39, 0.29) is 30.0 Å². The Morgan fingerprint density at radius 1 is 1.15 bits per heavy atom. The van der Waals surface area contributed by atoms with Crippen LogP contribution in [0.4, 0.5) is 8.78 Å². The van der Waals surface area contributed by atoms with E-state index in [4.69, 9.17) is 9.47 Å². The Morgan fingerprint density at radius 3 is 2.77 bits per heavy atom. The summed E-state index contributed by atoms with van der Waals surface area (Å²) in [6.07, 6.45) is 0.105. The molecule has 1 aliphatic heterocycles. The van der Waals surface area contributed by atoms with Crippen molar-refractivity contribution in [2.24, 2.45) is 0 Å². The summed E-state index contributed by atoms with van der Waals surface area (Å²) in [7, 11) is 0. The van der Waals surface area contributed by atoms with E-state index in [0.717, 1.165) is 11.6 Å². The number of halogens is 2. The molecule has 2 aromatic rings. The van der Waals surface area contributed by atoms with Gasteiger partial charge in [-0.25, -0.2) is 8.78 Å². The molecule has 0 aliphatic carbocycles. The number of benzene rings is 2. The lowest BCUT2D eigenvalue weighted by atomic mass is 10.0. The molecule has 0 aromatic heterocycles. The van der Waals surface area contributed by atoms with Crippen LogP contribution < -0.4 is 5.32 Å². The molecule has 1 heterocycles. The Bertz CT molecular complexity index is 739. The van der Waals surface area contributed by atoms with Gasteiger partial charge in [0, 0.05) is 12.2 Å². The van der Waals surface area contributed by atoms with E-state index in [1.54, 1.807) is 0 Å². The van der Waals surface area contributed by atoms with Gasteiger partial charge in [0.1, 0.15) is 6.10 Å². The molecule has 0 spiro atoms. The molecule has 2 atom stereocenters. The second kappa shape index (κ2) is 8.87. The minimum absolute atomic E-state index is 0.0383. The number of ether oxygens (including phenoxy) is 2. The van der Waals surface area contributed by atoms with Gasteiger partial charge in [0.15, 0.2) is 11.6 Å². The molecule has 1 amide bonds. The predicted molar refractivity (Wildman–Crippen MR) is 92.4 cm³/mol. The smallest absolute Gasteiger partial charge is 0.224 e. The van der Waals surface area contributed by atoms with Gasteiger partial charge in [-0.15, -0.1) is 0 Å². The fraction of sp³-hybridized carbons (Fsp3) is 0.350. The van der Waals surface area contributed by atoms with Gasteiger partial charge < -0.3 is 14.8 Å². The van der Waals surface area contributed by atoms with Crippen molar-refractivity contribution in [3.63, 3.8) is 0 Å². The maximum absolute atomic E-state index is 13.7. The molecule has 1 fully saturated rings. The van der Waals surface area contributed by atoms with Crippen LogP contribution in [0.15, 0.2) is 48.5 Å². The largest absolute Gasteiger partial charge is 0.379 e. The lowest BCUT2D eigenvalue weighted by Gasteiger charge is -2.32. The normalized spacial score (nSPS) is 19.9. The van der Waals surface area contributed by atoms with Crippen molar-refractivity contribution >= 4 is 5.91 Å². The fourth-order valence-corrected chi connectivity index (χ4v) is 2.93. The van der Waals surface area contributed by atoms with Gasteiger partial charge >= 0.3 is 0 Å². The van der Waals surface area contributed by atoms with Gasteiger partial charge in [0.25, 0.3) is 0 Å². The number of carbonyl (C=O) groups is 1. The zero-order chi connectivity index (χ0) is 18.4. The lowest BCUT2D eigenvalue weighted by molar-refractivity contribution is -0.126. The van der Waals surface area contributed by atoms with Crippen LogP contribution in [-0.4, -0.2) is 31.3 Å². The molecule has 1 aliphatic rings. The van der Waals surface area contributed by atoms with Crippen LogP contribution in [0.2, 0.25) is 0 Å². The van der Waals surface area contributed by atoms with Crippen LogP contribution >= 0.6 is 0 Å². The average molecular weight is 361 g/mol. The van der Waals surface area contributed by atoms with E-state index < -0.39 is 11.6 Å². The molecule has 4 nitrogen and oxygen atoms in total. The molecular formula is C20H21F2NO3. The predicted octanol–water partition coefficient (Wildman–Crippen LogP) is 3.00. The minimum Gasteiger partial charge on any atom is -0.379 e. The van der Waals surface area contributed by atoms with E-state index in [0.29, 0.717) is 26.2 Å². The highest BCUT2D eigenvalue weighted by molar-refractivity contribution is 5.79. The van der Waals surface area contributed by atoms with Gasteiger partial charge in [0.2, 0.25) is 5.91 Å². The summed E-state index contributed by atoms with van der Waals surface area (Å²) in [5.74, 6) is -2.30. The van der Waals surface area contributed by atoms with E-state index in [1.165, 1.54) is 12.1 Å². The number of hydrogen-bond donors (Lipinski definition) is 1. The standard InChI is InChI=1S/C20H21F2NO3/c21-16-8-4-7-15(20(16)22)11-19(24)23-17-9-10-25-13-18(17)26-12-14-5-2-1-3-6-14/h1-8,17-18H,9-13H2,(H,23,24)/t17-,18-/m1/s1. The number of amides is 1. The quantitative estimate of drug-likeness (QED) is 0.861. The number of nitrogens with one attached hydrogen (secondary N) is 1. The molecule has 26 heavy (non-hydrogen) atoms. The highest BCUT2D eigenvalue weighted by atomic mass is 19.2. The lowest BCUT2D eigenvalue weighted by Crippen LogP contribution is -2.50. The maximum Gasteiger partial charge on any atom is 0.224 e. The Morgan fingerprint density at radius 2 is 1.96 bits per heavy atom. The van der Waals surface area contributed by atoms with Gasteiger partial charge in [-0.2, -0.15) is 0 Å². The molecule has 0 radical (unpaired) electrons. The second-order valence-corrected chi connectivity index (χ2v) is 6.26. The van der Waals surface area contributed by atoms with E-state index in [9.17, 15) is 13.6 Å². The molecule has 2 aromatic carbocycles. The van der Waals surface area contributed by atoms with Crippen molar-refractivity contribution < 1.29 is 23.0 Å². The van der Waals surface area contributed by atoms with E-state index in [1.807, 2.05) is 30.3 Å². The van der Waals surface area contributed by atoms with Crippen molar-refractivity contribution in [3.05, 3.63) is 71.3 Å². The van der Waals surface area contributed by atoms with Crippen LogP contribution in [-0.2, 0) is 27.3 Å². The first-order valence-electron chi connectivity index (χ1n) is 8.59. The van der Waals surface area contributed by atoms with Gasteiger partial charge in [0.05, 0.1) is 25.7 Å². The van der Waals surface area contributed by atoms with Crippen molar-refractivity contribution in [1.29, 1.82) is 0 Å². The van der Waals surface area contributed by atoms with Crippen molar-refractivity contribution in [2.45, 2.75) is 31.6 Å². The molecule has 6 heteroatoms. The van der Waals surface area contributed by atoms with Gasteiger partial charge in [-0.05, 0) is 18.1 Å². The molecule has 0 saturated carbocycles. The molecule has 3 rings (SSSR count). The van der Waals surface area contributed by atoms with Gasteiger partial charge in [-0.3, -0.25) is 4.79 Å². The zero-order valence-corrected chi connectivity index (χ0v) is 14.3. The Balaban J connectivity index is 1.57. The maximum atomic E-state index is 13.7. The minimum atomic E-state index is -0.980. The summed E-state index contributed by atoms with van der Waals surface area (Å²) in [6, 6.07) is 13.3. The summed E-state index contributed by atoms with van der Waals surface area (Å²) in [5, 5.41) is 2.87. The number of rotatable bonds is 6. The van der Waals surface area contributed by atoms with Gasteiger partial charge in [-0.1, -0.05) is 42.5 Å². The third-order valence-electron chi connectivity index (χ3n) is 4.34. The summed E-state index contributed by atoms with van der Waals surface area (Å²) < 4.78 is 38.3. The summed E-state index contributed by atoms with van der Waals surface area (Å²) in [5.41, 5.74) is 1.07. The number of hydrogen-bond acceptors (Lipinski definition) is 3. The Labute approximate surface area is 151 Å². The summed E-state index contributed by atoms with van der Waals surface area (Å²) >= 11 is 0. The third kappa shape index (κ3) is 4.86.